The first kappa shape index (κ1) is 15.2. The Morgan fingerprint density at radius 2 is 1.81 bits per heavy atom. The third kappa shape index (κ3) is 6.61. The van der Waals surface area contributed by atoms with Gasteiger partial charge in [0, 0.05) is 6.42 Å². The minimum Gasteiger partial charge on any atom is -0.442 e. The van der Waals surface area contributed by atoms with E-state index in [4.69, 9.17) is 4.74 Å². The van der Waals surface area contributed by atoms with Gasteiger partial charge in [0.15, 0.2) is 0 Å². The fourth-order valence-electron chi connectivity index (χ4n) is 1.28. The molecule has 0 fully saturated rings. The Hall–Kier alpha value is -0.840. The van der Waals surface area contributed by atoms with E-state index in [2.05, 4.69) is 0 Å². The van der Waals surface area contributed by atoms with Crippen molar-refractivity contribution in [1.82, 2.24) is 5.06 Å². The van der Waals surface area contributed by atoms with Crippen molar-refractivity contribution in [3.05, 3.63) is 0 Å². The summed E-state index contributed by atoms with van der Waals surface area (Å²) >= 11 is 0. The number of nitrogens with zero attached hydrogens (tertiary/aromatic N) is 1. The van der Waals surface area contributed by atoms with Gasteiger partial charge in [-0.15, -0.1) is 0 Å². The summed E-state index contributed by atoms with van der Waals surface area (Å²) in [4.78, 5) is 11.4. The number of amides is 1. The van der Waals surface area contributed by atoms with Crippen LogP contribution in [0.5, 0.6) is 0 Å². The lowest BCUT2D eigenvalue weighted by Crippen LogP contribution is -2.42. The van der Waals surface area contributed by atoms with Crippen LogP contribution in [-0.2, 0) is 4.74 Å². The monoisotopic (exact) mass is 235 g/mol. The molecule has 0 aromatic heterocycles. The van der Waals surface area contributed by atoms with Crippen molar-refractivity contribution in [3.8, 4) is 0 Å². The molecule has 0 saturated heterocycles. The number of halogens is 1. The molecule has 0 heterocycles. The van der Waals surface area contributed by atoms with Gasteiger partial charge in [0.25, 0.3) is 0 Å². The molecule has 16 heavy (non-hydrogen) atoms. The average Bonchev–Trinajstić information content (AvgIpc) is 1.96. The molecular formula is C11H22FNO3. The van der Waals surface area contributed by atoms with Crippen molar-refractivity contribution in [1.29, 1.82) is 0 Å². The fraction of sp³-hybridized carbons (Fsp3) is 0.909. The molecule has 0 bridgehead atoms. The Labute approximate surface area is 96.3 Å². The number of alkyl halides is 1. The Balaban J connectivity index is 4.34. The SMILES string of the molecule is CC(CC(C)(C)F)N(O)C(=O)OC(C)(C)C. The Morgan fingerprint density at radius 3 is 2.12 bits per heavy atom. The van der Waals surface area contributed by atoms with Gasteiger partial charge in [-0.2, -0.15) is 5.06 Å². The van der Waals surface area contributed by atoms with E-state index >= 15 is 0 Å². The maximum Gasteiger partial charge on any atom is 0.434 e. The van der Waals surface area contributed by atoms with E-state index < -0.39 is 23.4 Å². The van der Waals surface area contributed by atoms with Gasteiger partial charge in [0.2, 0.25) is 0 Å². The van der Waals surface area contributed by atoms with Crippen molar-refractivity contribution in [3.63, 3.8) is 0 Å². The average molecular weight is 235 g/mol. The molecule has 0 aliphatic heterocycles. The first-order valence-electron chi connectivity index (χ1n) is 5.32. The second kappa shape index (κ2) is 4.99. The van der Waals surface area contributed by atoms with E-state index in [9.17, 15) is 14.4 Å². The van der Waals surface area contributed by atoms with Crippen LogP contribution in [0, 0.1) is 0 Å². The highest BCUT2D eigenvalue weighted by molar-refractivity contribution is 5.66. The predicted octanol–water partition coefficient (Wildman–Crippen LogP) is 3.14. The van der Waals surface area contributed by atoms with Crippen LogP contribution in [-0.4, -0.2) is 33.7 Å². The molecule has 1 N–H and O–H groups in total. The molecule has 1 atom stereocenters. The number of hydrogen-bond donors (Lipinski definition) is 1. The highest BCUT2D eigenvalue weighted by Gasteiger charge is 2.29. The maximum atomic E-state index is 13.3. The summed E-state index contributed by atoms with van der Waals surface area (Å²) in [5.74, 6) is 0. The first-order valence-corrected chi connectivity index (χ1v) is 5.32. The smallest absolute Gasteiger partial charge is 0.434 e. The summed E-state index contributed by atoms with van der Waals surface area (Å²) in [6.07, 6.45) is -0.813. The highest BCUT2D eigenvalue weighted by Crippen LogP contribution is 2.20. The largest absolute Gasteiger partial charge is 0.442 e. The molecule has 0 rings (SSSR count). The Morgan fingerprint density at radius 1 is 1.38 bits per heavy atom. The van der Waals surface area contributed by atoms with E-state index in [1.807, 2.05) is 0 Å². The van der Waals surface area contributed by atoms with Crippen LogP contribution in [0.2, 0.25) is 0 Å². The molecule has 1 amide bonds. The van der Waals surface area contributed by atoms with Gasteiger partial charge >= 0.3 is 6.09 Å². The van der Waals surface area contributed by atoms with Crippen molar-refractivity contribution < 1.29 is 19.1 Å². The fourth-order valence-corrected chi connectivity index (χ4v) is 1.28. The molecule has 96 valence electrons. The van der Waals surface area contributed by atoms with Crippen LogP contribution >= 0.6 is 0 Å². The lowest BCUT2D eigenvalue weighted by atomic mass is 10.0. The van der Waals surface area contributed by atoms with Crippen LogP contribution in [0.4, 0.5) is 9.18 Å². The summed E-state index contributed by atoms with van der Waals surface area (Å²) in [7, 11) is 0. The molecule has 0 spiro atoms. The minimum atomic E-state index is -1.44. The number of hydrogen-bond acceptors (Lipinski definition) is 3. The molecule has 0 aromatic rings. The van der Waals surface area contributed by atoms with E-state index in [1.54, 1.807) is 27.7 Å². The van der Waals surface area contributed by atoms with E-state index in [1.165, 1.54) is 13.8 Å². The molecule has 0 aromatic carbocycles. The van der Waals surface area contributed by atoms with Crippen molar-refractivity contribution in [2.75, 3.05) is 0 Å². The van der Waals surface area contributed by atoms with Gasteiger partial charge in [-0.05, 0) is 41.5 Å². The van der Waals surface area contributed by atoms with Gasteiger partial charge < -0.3 is 4.74 Å². The molecule has 0 aliphatic rings. The number of hydroxylamine groups is 2. The van der Waals surface area contributed by atoms with E-state index in [-0.39, 0.29) is 6.42 Å². The lowest BCUT2D eigenvalue weighted by Gasteiger charge is -2.29. The number of ether oxygens (including phenoxy) is 1. The highest BCUT2D eigenvalue weighted by atomic mass is 19.1. The van der Waals surface area contributed by atoms with Crippen LogP contribution in [0.25, 0.3) is 0 Å². The van der Waals surface area contributed by atoms with Crippen molar-refractivity contribution in [2.24, 2.45) is 0 Å². The van der Waals surface area contributed by atoms with Crippen LogP contribution in [0.3, 0.4) is 0 Å². The second-order valence-corrected chi connectivity index (χ2v) is 5.60. The summed E-state index contributed by atoms with van der Waals surface area (Å²) in [6.45, 7) is 9.44. The van der Waals surface area contributed by atoms with E-state index in [0.717, 1.165) is 0 Å². The normalized spacial score (nSPS) is 14.5. The Bertz CT molecular complexity index is 243. The lowest BCUT2D eigenvalue weighted by molar-refractivity contribution is -0.123. The van der Waals surface area contributed by atoms with Crippen molar-refractivity contribution >= 4 is 6.09 Å². The molecule has 0 radical (unpaired) electrons. The maximum absolute atomic E-state index is 13.3. The predicted molar refractivity (Wildman–Crippen MR) is 59.1 cm³/mol. The number of rotatable bonds is 3. The van der Waals surface area contributed by atoms with Gasteiger partial charge in [0.1, 0.15) is 11.3 Å². The number of carbonyl (C=O) groups excluding carboxylic acids is 1. The molecule has 5 heteroatoms. The summed E-state index contributed by atoms with van der Waals surface area (Å²) in [5, 5.41) is 9.94. The van der Waals surface area contributed by atoms with Gasteiger partial charge in [0.05, 0.1) is 6.04 Å². The van der Waals surface area contributed by atoms with E-state index in [0.29, 0.717) is 5.06 Å². The van der Waals surface area contributed by atoms with Gasteiger partial charge in [-0.3, -0.25) is 5.21 Å². The summed E-state index contributed by atoms with van der Waals surface area (Å²) < 4.78 is 18.3. The first-order chi connectivity index (χ1) is 6.92. The van der Waals surface area contributed by atoms with Crippen molar-refractivity contribution in [2.45, 2.75) is 65.3 Å². The standard InChI is InChI=1S/C11H22FNO3/c1-8(7-11(5,6)12)13(15)9(14)16-10(2,3)4/h8,15H,7H2,1-6H3. The molecular weight excluding hydrogens is 213 g/mol. The molecule has 1 unspecified atom stereocenters. The molecule has 0 aliphatic carbocycles. The third-order valence-electron chi connectivity index (χ3n) is 1.78. The molecule has 0 saturated carbocycles. The Kier molecular flexibility index (Phi) is 4.73. The zero-order valence-corrected chi connectivity index (χ0v) is 10.9. The van der Waals surface area contributed by atoms with Gasteiger partial charge in [-0.1, -0.05) is 0 Å². The van der Waals surface area contributed by atoms with Gasteiger partial charge in [-0.25, -0.2) is 9.18 Å². The topological polar surface area (TPSA) is 49.8 Å². The third-order valence-corrected chi connectivity index (χ3v) is 1.78. The summed E-state index contributed by atoms with van der Waals surface area (Å²) in [6, 6.07) is -0.630. The molecule has 4 nitrogen and oxygen atoms in total. The zero-order chi connectivity index (χ0) is 13.1. The van der Waals surface area contributed by atoms with Crippen LogP contribution in [0.1, 0.15) is 48.0 Å². The number of carbonyl (C=O) groups is 1. The van der Waals surface area contributed by atoms with Crippen LogP contribution < -0.4 is 0 Å². The summed E-state index contributed by atoms with van der Waals surface area (Å²) in [5.41, 5.74) is -2.12. The quantitative estimate of drug-likeness (QED) is 0.604. The van der Waals surface area contributed by atoms with Crippen LogP contribution in [0.15, 0.2) is 0 Å². The minimum absolute atomic E-state index is 0.0444. The second-order valence-electron chi connectivity index (χ2n) is 5.60. The zero-order valence-electron chi connectivity index (χ0n) is 10.9.